The van der Waals surface area contributed by atoms with Crippen LogP contribution in [-0.4, -0.2) is 10.7 Å². The van der Waals surface area contributed by atoms with Crippen molar-refractivity contribution in [1.82, 2.24) is 0 Å². The van der Waals surface area contributed by atoms with Crippen LogP contribution in [0.1, 0.15) is 71.4 Å². The molecule has 23 heavy (non-hydrogen) atoms. The first-order chi connectivity index (χ1) is 10.7. The summed E-state index contributed by atoms with van der Waals surface area (Å²) in [7, 11) is 0. The van der Waals surface area contributed by atoms with Crippen molar-refractivity contribution in [2.75, 3.05) is 0 Å². The minimum atomic E-state index is -0.285. The Bertz CT molecular complexity index is 598. The fourth-order valence-corrected chi connectivity index (χ4v) is 3.29. The van der Waals surface area contributed by atoms with E-state index in [-0.39, 0.29) is 11.0 Å². The Hall–Kier alpha value is -1.44. The predicted octanol–water partition coefficient (Wildman–Crippen LogP) is 5.95. The van der Waals surface area contributed by atoms with Gasteiger partial charge in [0.25, 0.3) is 0 Å². The van der Waals surface area contributed by atoms with Crippen LogP contribution < -0.4 is 4.74 Å². The zero-order chi connectivity index (χ0) is 17.3. The highest BCUT2D eigenvalue weighted by Gasteiger charge is 2.43. The highest BCUT2D eigenvalue weighted by molar-refractivity contribution is 5.46. The molecule has 1 N–H and O–H groups in total. The highest BCUT2D eigenvalue weighted by atomic mass is 16.5. The van der Waals surface area contributed by atoms with Crippen LogP contribution in [0.5, 0.6) is 11.5 Å². The lowest BCUT2D eigenvalue weighted by atomic mass is 9.66. The summed E-state index contributed by atoms with van der Waals surface area (Å²) in [4.78, 5) is 0. The highest BCUT2D eigenvalue weighted by Crippen LogP contribution is 2.46. The minimum Gasteiger partial charge on any atom is -0.508 e. The van der Waals surface area contributed by atoms with Gasteiger partial charge in [0, 0.05) is 11.0 Å². The van der Waals surface area contributed by atoms with Gasteiger partial charge in [0.15, 0.2) is 0 Å². The van der Waals surface area contributed by atoms with E-state index < -0.39 is 0 Å². The first-order valence-electron chi connectivity index (χ1n) is 8.85. The zero-order valence-corrected chi connectivity index (χ0v) is 15.6. The lowest BCUT2D eigenvalue weighted by Gasteiger charge is -2.46. The van der Waals surface area contributed by atoms with Gasteiger partial charge in [-0.2, -0.15) is 0 Å². The van der Waals surface area contributed by atoms with Crippen LogP contribution in [0.2, 0.25) is 0 Å². The van der Waals surface area contributed by atoms with Crippen molar-refractivity contribution in [3.05, 3.63) is 34.9 Å². The molecule has 0 saturated heterocycles. The lowest BCUT2D eigenvalue weighted by molar-refractivity contribution is -0.0292. The van der Waals surface area contributed by atoms with Crippen molar-refractivity contribution in [3.8, 4) is 11.5 Å². The van der Waals surface area contributed by atoms with Gasteiger partial charge in [0.2, 0.25) is 0 Å². The van der Waals surface area contributed by atoms with E-state index in [4.69, 9.17) is 4.74 Å². The molecule has 0 aliphatic heterocycles. The molecule has 0 unspecified atom stereocenters. The van der Waals surface area contributed by atoms with Gasteiger partial charge < -0.3 is 9.84 Å². The summed E-state index contributed by atoms with van der Waals surface area (Å²) in [6.07, 6.45) is 7.71. The summed E-state index contributed by atoms with van der Waals surface area (Å²) in [5.41, 5.74) is 3.29. The first-order valence-corrected chi connectivity index (χ1v) is 8.85. The maximum absolute atomic E-state index is 10.2. The van der Waals surface area contributed by atoms with Gasteiger partial charge in [-0.25, -0.2) is 0 Å². The molecule has 0 spiro atoms. The van der Waals surface area contributed by atoms with Crippen LogP contribution in [-0.2, 0) is 6.42 Å². The molecule has 0 fully saturated rings. The fourth-order valence-electron chi connectivity index (χ4n) is 3.29. The standard InChI is InChI=1S/C21H32O2/c1-7-8-17-13-18(22)16(3)19(14-17)23-20(4,5)21(6)11-9-15(2)10-12-21/h9,13-14,22H,7-8,10-12H2,1-6H3/t21-/m0/s1. The molecule has 0 radical (unpaired) electrons. The second-order valence-corrected chi connectivity index (χ2v) is 7.92. The predicted molar refractivity (Wildman–Crippen MR) is 97.3 cm³/mol. The number of benzene rings is 1. The van der Waals surface area contributed by atoms with Gasteiger partial charge in [-0.1, -0.05) is 31.9 Å². The van der Waals surface area contributed by atoms with E-state index in [1.165, 1.54) is 5.57 Å². The second-order valence-electron chi connectivity index (χ2n) is 7.92. The number of phenolic OH excluding ortho intramolecular Hbond substituents is 1. The molecule has 2 rings (SSSR count). The molecule has 1 aliphatic rings. The van der Waals surface area contributed by atoms with E-state index in [2.05, 4.69) is 46.8 Å². The molecule has 1 atom stereocenters. The molecule has 1 aromatic carbocycles. The summed E-state index contributed by atoms with van der Waals surface area (Å²) in [6, 6.07) is 3.97. The second kappa shape index (κ2) is 6.59. The molecule has 1 aliphatic carbocycles. The summed E-state index contributed by atoms with van der Waals surface area (Å²) in [5.74, 6) is 1.16. The van der Waals surface area contributed by atoms with Gasteiger partial charge >= 0.3 is 0 Å². The normalized spacial score (nSPS) is 21.9. The Labute approximate surface area is 141 Å². The Kier molecular flexibility index (Phi) is 5.13. The van der Waals surface area contributed by atoms with Gasteiger partial charge in [0.05, 0.1) is 0 Å². The summed E-state index contributed by atoms with van der Waals surface area (Å²) in [6.45, 7) is 13.0. The molecule has 0 heterocycles. The van der Waals surface area contributed by atoms with Gasteiger partial charge in [-0.15, -0.1) is 0 Å². The van der Waals surface area contributed by atoms with Gasteiger partial charge in [-0.3, -0.25) is 0 Å². The van der Waals surface area contributed by atoms with Gasteiger partial charge in [-0.05, 0) is 71.1 Å². The van der Waals surface area contributed by atoms with Crippen molar-refractivity contribution in [1.29, 1.82) is 0 Å². The van der Waals surface area contributed by atoms with E-state index >= 15 is 0 Å². The molecule has 2 heteroatoms. The maximum atomic E-state index is 10.2. The van der Waals surface area contributed by atoms with Crippen molar-refractivity contribution < 1.29 is 9.84 Å². The van der Waals surface area contributed by atoms with E-state index in [1.54, 1.807) is 0 Å². The molecule has 2 nitrogen and oxygen atoms in total. The quantitative estimate of drug-likeness (QED) is 0.680. The molecule has 0 bridgehead atoms. The number of rotatable bonds is 5. The average molecular weight is 316 g/mol. The van der Waals surface area contributed by atoms with Crippen LogP contribution >= 0.6 is 0 Å². The molecule has 0 amide bonds. The summed E-state index contributed by atoms with van der Waals surface area (Å²) < 4.78 is 6.49. The number of allylic oxidation sites excluding steroid dienone is 2. The number of hydrogen-bond donors (Lipinski definition) is 1. The number of aryl methyl sites for hydroxylation is 1. The molecule has 1 aromatic rings. The molecular weight excluding hydrogens is 284 g/mol. The van der Waals surface area contributed by atoms with Crippen LogP contribution in [0, 0.1) is 12.3 Å². The molecule has 128 valence electrons. The Balaban J connectivity index is 2.30. The first kappa shape index (κ1) is 17.9. The van der Waals surface area contributed by atoms with E-state index in [1.807, 2.05) is 13.0 Å². The zero-order valence-electron chi connectivity index (χ0n) is 15.6. The number of ether oxygens (including phenoxy) is 1. The van der Waals surface area contributed by atoms with Gasteiger partial charge in [0.1, 0.15) is 17.1 Å². The van der Waals surface area contributed by atoms with E-state index in [0.717, 1.165) is 49.0 Å². The third kappa shape index (κ3) is 3.73. The number of aromatic hydroxyl groups is 1. The summed E-state index contributed by atoms with van der Waals surface area (Å²) >= 11 is 0. The average Bonchev–Trinajstić information content (AvgIpc) is 2.47. The fraction of sp³-hybridized carbons (Fsp3) is 0.619. The van der Waals surface area contributed by atoms with Crippen molar-refractivity contribution in [3.63, 3.8) is 0 Å². The summed E-state index contributed by atoms with van der Waals surface area (Å²) in [5, 5.41) is 10.2. The SMILES string of the molecule is CCCc1cc(O)c(C)c(OC(C)(C)[C@@]2(C)CC=C(C)CC2)c1. The Morgan fingerprint density at radius 2 is 1.96 bits per heavy atom. The minimum absolute atomic E-state index is 0.106. The Morgan fingerprint density at radius 1 is 1.26 bits per heavy atom. The van der Waals surface area contributed by atoms with Crippen LogP contribution in [0.3, 0.4) is 0 Å². The van der Waals surface area contributed by atoms with Crippen LogP contribution in [0.25, 0.3) is 0 Å². The van der Waals surface area contributed by atoms with Crippen molar-refractivity contribution >= 4 is 0 Å². The van der Waals surface area contributed by atoms with Crippen LogP contribution in [0.4, 0.5) is 0 Å². The molecular formula is C21H32O2. The topological polar surface area (TPSA) is 29.5 Å². The monoisotopic (exact) mass is 316 g/mol. The molecule has 0 saturated carbocycles. The molecule has 0 aromatic heterocycles. The van der Waals surface area contributed by atoms with Crippen molar-refractivity contribution in [2.45, 2.75) is 79.2 Å². The number of phenols is 1. The largest absolute Gasteiger partial charge is 0.508 e. The smallest absolute Gasteiger partial charge is 0.127 e. The van der Waals surface area contributed by atoms with Crippen LogP contribution in [0.15, 0.2) is 23.8 Å². The lowest BCUT2D eigenvalue weighted by Crippen LogP contribution is -2.47. The van der Waals surface area contributed by atoms with E-state index in [0.29, 0.717) is 5.75 Å². The third-order valence-corrected chi connectivity index (χ3v) is 5.72. The van der Waals surface area contributed by atoms with Crippen molar-refractivity contribution in [2.24, 2.45) is 5.41 Å². The third-order valence-electron chi connectivity index (χ3n) is 5.72. The Morgan fingerprint density at radius 3 is 2.52 bits per heavy atom. The number of hydrogen-bond acceptors (Lipinski definition) is 2. The van der Waals surface area contributed by atoms with E-state index in [9.17, 15) is 5.11 Å². The maximum Gasteiger partial charge on any atom is 0.127 e.